The van der Waals surface area contributed by atoms with Crippen molar-refractivity contribution >= 4 is 39.7 Å². The maximum Gasteiger partial charge on any atom is 0.338 e. The van der Waals surface area contributed by atoms with Crippen LogP contribution in [0.3, 0.4) is 0 Å². The van der Waals surface area contributed by atoms with Gasteiger partial charge in [0.1, 0.15) is 5.52 Å². The number of fused-ring (bicyclic) bond motifs is 1. The molecule has 0 atom stereocenters. The Morgan fingerprint density at radius 2 is 2.00 bits per heavy atom. The second-order valence-corrected chi connectivity index (χ2v) is 5.67. The number of carbonyl (C=O) groups is 1. The number of esters is 1. The summed E-state index contributed by atoms with van der Waals surface area (Å²) in [4.78, 5) is 16.2. The van der Waals surface area contributed by atoms with Gasteiger partial charge in [-0.15, -0.1) is 0 Å². The summed E-state index contributed by atoms with van der Waals surface area (Å²) in [5.41, 5.74) is 2.68. The minimum Gasteiger partial charge on any atom is -0.462 e. The first kappa shape index (κ1) is 14.1. The van der Waals surface area contributed by atoms with E-state index in [0.29, 0.717) is 29.2 Å². The molecule has 0 aliphatic heterocycles. The fourth-order valence-electron chi connectivity index (χ4n) is 1.98. The van der Waals surface area contributed by atoms with Crippen molar-refractivity contribution in [3.63, 3.8) is 0 Å². The van der Waals surface area contributed by atoms with E-state index < -0.39 is 0 Å². The third kappa shape index (κ3) is 2.92. The van der Waals surface area contributed by atoms with Crippen molar-refractivity contribution in [1.82, 2.24) is 4.98 Å². The number of nitrogens with zero attached hydrogens (tertiary/aromatic N) is 1. The molecule has 0 fully saturated rings. The summed E-state index contributed by atoms with van der Waals surface area (Å²) >= 11 is 2.25. The molecule has 0 saturated carbocycles. The lowest BCUT2D eigenvalue weighted by Gasteiger charge is -2.00. The van der Waals surface area contributed by atoms with E-state index in [4.69, 9.17) is 9.15 Å². The predicted octanol–water partition coefficient (Wildman–Crippen LogP) is 4.28. The largest absolute Gasteiger partial charge is 0.462 e. The lowest BCUT2D eigenvalue weighted by atomic mass is 10.2. The molecule has 0 N–H and O–H groups in total. The van der Waals surface area contributed by atoms with Crippen molar-refractivity contribution in [2.75, 3.05) is 6.61 Å². The normalized spacial score (nSPS) is 10.8. The van der Waals surface area contributed by atoms with E-state index in [2.05, 4.69) is 27.6 Å². The average molecular weight is 393 g/mol. The Hall–Kier alpha value is -1.89. The van der Waals surface area contributed by atoms with Crippen molar-refractivity contribution in [3.8, 4) is 11.5 Å². The first-order valence-electron chi connectivity index (χ1n) is 6.51. The minimum absolute atomic E-state index is 0.349. The summed E-state index contributed by atoms with van der Waals surface area (Å²) in [7, 11) is 0. The number of ether oxygens (including phenoxy) is 1. The molecule has 21 heavy (non-hydrogen) atoms. The van der Waals surface area contributed by atoms with E-state index in [9.17, 15) is 4.79 Å². The molecule has 5 heteroatoms. The summed E-state index contributed by atoms with van der Waals surface area (Å²) in [5.74, 6) is 0.195. The smallest absolute Gasteiger partial charge is 0.338 e. The van der Waals surface area contributed by atoms with Crippen LogP contribution in [0.25, 0.3) is 22.6 Å². The van der Waals surface area contributed by atoms with E-state index in [-0.39, 0.29) is 5.97 Å². The molecule has 0 bridgehead atoms. The van der Waals surface area contributed by atoms with Gasteiger partial charge in [0.2, 0.25) is 5.89 Å². The first-order chi connectivity index (χ1) is 10.2. The van der Waals surface area contributed by atoms with Gasteiger partial charge in [-0.2, -0.15) is 0 Å². The maximum absolute atomic E-state index is 11.7. The molecule has 0 spiro atoms. The third-order valence-electron chi connectivity index (χ3n) is 2.99. The molecule has 0 amide bonds. The summed E-state index contributed by atoms with van der Waals surface area (Å²) in [5, 5.41) is 0. The topological polar surface area (TPSA) is 52.3 Å². The number of aromatic nitrogens is 1. The molecular weight excluding hydrogens is 381 g/mol. The highest BCUT2D eigenvalue weighted by atomic mass is 127. The zero-order valence-corrected chi connectivity index (χ0v) is 13.5. The monoisotopic (exact) mass is 393 g/mol. The van der Waals surface area contributed by atoms with Gasteiger partial charge in [-0.25, -0.2) is 9.78 Å². The molecule has 2 aromatic carbocycles. The van der Waals surface area contributed by atoms with Gasteiger partial charge in [0.25, 0.3) is 0 Å². The van der Waals surface area contributed by atoms with E-state index in [1.165, 1.54) is 0 Å². The summed E-state index contributed by atoms with van der Waals surface area (Å²) in [6.45, 7) is 2.13. The van der Waals surface area contributed by atoms with Gasteiger partial charge < -0.3 is 9.15 Å². The van der Waals surface area contributed by atoms with Gasteiger partial charge in [0, 0.05) is 9.13 Å². The van der Waals surface area contributed by atoms with Gasteiger partial charge >= 0.3 is 5.97 Å². The fraction of sp³-hybridized carbons (Fsp3) is 0.125. The van der Waals surface area contributed by atoms with E-state index in [1.807, 2.05) is 24.3 Å². The SMILES string of the molecule is CCOC(=O)c1ccc2oc(-c3ccc(I)cc3)nc2c1. The zero-order chi connectivity index (χ0) is 14.8. The molecule has 106 valence electrons. The molecule has 0 aliphatic carbocycles. The minimum atomic E-state index is -0.349. The van der Waals surface area contributed by atoms with Crippen LogP contribution in [-0.4, -0.2) is 17.6 Å². The van der Waals surface area contributed by atoms with Gasteiger partial charge in [0.05, 0.1) is 12.2 Å². The second kappa shape index (κ2) is 5.85. The fourth-order valence-corrected chi connectivity index (χ4v) is 2.34. The lowest BCUT2D eigenvalue weighted by molar-refractivity contribution is 0.0526. The molecular formula is C16H12INO3. The molecule has 4 nitrogen and oxygen atoms in total. The van der Waals surface area contributed by atoms with Crippen molar-refractivity contribution in [3.05, 3.63) is 51.6 Å². The highest BCUT2D eigenvalue weighted by molar-refractivity contribution is 14.1. The van der Waals surface area contributed by atoms with Crippen molar-refractivity contribution < 1.29 is 13.9 Å². The number of rotatable bonds is 3. The van der Waals surface area contributed by atoms with Crippen LogP contribution in [-0.2, 0) is 4.74 Å². The molecule has 0 radical (unpaired) electrons. The Labute approximate surface area is 135 Å². The Bertz CT molecular complexity index is 793. The highest BCUT2D eigenvalue weighted by Gasteiger charge is 2.12. The number of oxazole rings is 1. The maximum atomic E-state index is 11.7. The number of benzene rings is 2. The van der Waals surface area contributed by atoms with Crippen LogP contribution in [0.2, 0.25) is 0 Å². The molecule has 0 unspecified atom stereocenters. The zero-order valence-electron chi connectivity index (χ0n) is 11.3. The van der Waals surface area contributed by atoms with Crippen LogP contribution in [0.1, 0.15) is 17.3 Å². The van der Waals surface area contributed by atoms with E-state index in [1.54, 1.807) is 25.1 Å². The Balaban J connectivity index is 2.00. The van der Waals surface area contributed by atoms with Crippen LogP contribution >= 0.6 is 22.6 Å². The Morgan fingerprint density at radius 1 is 1.24 bits per heavy atom. The highest BCUT2D eigenvalue weighted by Crippen LogP contribution is 2.25. The average Bonchev–Trinajstić information content (AvgIpc) is 2.91. The molecule has 1 aromatic heterocycles. The van der Waals surface area contributed by atoms with Gasteiger partial charge in [-0.1, -0.05) is 0 Å². The van der Waals surface area contributed by atoms with Crippen LogP contribution in [0.15, 0.2) is 46.9 Å². The standard InChI is InChI=1S/C16H12INO3/c1-2-20-16(19)11-5-8-14-13(9-11)18-15(21-14)10-3-6-12(17)7-4-10/h3-9H,2H2,1H3. The quantitative estimate of drug-likeness (QED) is 0.493. The van der Waals surface area contributed by atoms with Crippen molar-refractivity contribution in [2.24, 2.45) is 0 Å². The van der Waals surface area contributed by atoms with Crippen LogP contribution < -0.4 is 0 Å². The van der Waals surface area contributed by atoms with Crippen LogP contribution in [0.4, 0.5) is 0 Å². The summed E-state index contributed by atoms with van der Waals surface area (Å²) in [6.07, 6.45) is 0. The number of hydrogen-bond donors (Lipinski definition) is 0. The van der Waals surface area contributed by atoms with Crippen LogP contribution in [0, 0.1) is 3.57 Å². The molecule has 3 aromatic rings. The first-order valence-corrected chi connectivity index (χ1v) is 7.59. The lowest BCUT2D eigenvalue weighted by Crippen LogP contribution is -2.03. The Kier molecular flexibility index (Phi) is 3.92. The summed E-state index contributed by atoms with van der Waals surface area (Å²) in [6, 6.07) is 13.0. The van der Waals surface area contributed by atoms with E-state index >= 15 is 0 Å². The predicted molar refractivity (Wildman–Crippen MR) is 88.1 cm³/mol. The van der Waals surface area contributed by atoms with Gasteiger partial charge in [0.15, 0.2) is 5.58 Å². The van der Waals surface area contributed by atoms with E-state index in [0.717, 1.165) is 9.13 Å². The second-order valence-electron chi connectivity index (χ2n) is 4.43. The summed E-state index contributed by atoms with van der Waals surface area (Å²) < 4.78 is 11.9. The molecule has 1 heterocycles. The molecule has 0 aliphatic rings. The Morgan fingerprint density at radius 3 is 2.71 bits per heavy atom. The van der Waals surface area contributed by atoms with Crippen molar-refractivity contribution in [2.45, 2.75) is 6.92 Å². The number of hydrogen-bond acceptors (Lipinski definition) is 4. The molecule has 0 saturated heterocycles. The third-order valence-corrected chi connectivity index (χ3v) is 3.71. The number of halogens is 1. The van der Waals surface area contributed by atoms with Crippen LogP contribution in [0.5, 0.6) is 0 Å². The van der Waals surface area contributed by atoms with Crippen molar-refractivity contribution in [1.29, 1.82) is 0 Å². The van der Waals surface area contributed by atoms with Gasteiger partial charge in [-0.3, -0.25) is 0 Å². The van der Waals surface area contributed by atoms with Gasteiger partial charge in [-0.05, 0) is 72.0 Å². The number of carbonyl (C=O) groups excluding carboxylic acids is 1. The molecule has 3 rings (SSSR count).